The van der Waals surface area contributed by atoms with Crippen LogP contribution in [0, 0.1) is 0 Å². The molecule has 0 N–H and O–H groups in total. The number of rotatable bonds is 13. The normalized spacial score (nSPS) is 19.1. The molecular formula is C25H43BO2. The van der Waals surface area contributed by atoms with Crippen LogP contribution in [-0.4, -0.2) is 18.3 Å². The fraction of sp³-hybridized carbons (Fsp3) is 0.760. The number of hydrogen-bond donors (Lipinski definition) is 0. The Morgan fingerprint density at radius 2 is 1.25 bits per heavy atom. The first kappa shape index (κ1) is 23.5. The van der Waals surface area contributed by atoms with Crippen molar-refractivity contribution in [3.8, 4) is 0 Å². The van der Waals surface area contributed by atoms with Crippen molar-refractivity contribution in [2.24, 2.45) is 0 Å². The minimum Gasteiger partial charge on any atom is -0.403 e. The Morgan fingerprint density at radius 3 is 1.79 bits per heavy atom. The highest BCUT2D eigenvalue weighted by molar-refractivity contribution is 6.47. The second kappa shape index (κ2) is 11.4. The van der Waals surface area contributed by atoms with Crippen molar-refractivity contribution < 1.29 is 9.31 Å². The summed E-state index contributed by atoms with van der Waals surface area (Å²) in [6.07, 6.45) is 14.6. The van der Waals surface area contributed by atoms with Gasteiger partial charge in [0.25, 0.3) is 0 Å². The first-order valence-electron chi connectivity index (χ1n) is 11.8. The van der Waals surface area contributed by atoms with E-state index in [4.69, 9.17) is 9.31 Å². The van der Waals surface area contributed by atoms with Crippen molar-refractivity contribution in [1.82, 2.24) is 0 Å². The van der Waals surface area contributed by atoms with Crippen LogP contribution in [-0.2, 0) is 15.7 Å². The van der Waals surface area contributed by atoms with Crippen LogP contribution in [0.2, 0.25) is 5.82 Å². The van der Waals surface area contributed by atoms with Crippen LogP contribution in [0.1, 0.15) is 104 Å². The van der Waals surface area contributed by atoms with Crippen LogP contribution in [0.3, 0.4) is 0 Å². The van der Waals surface area contributed by atoms with Crippen LogP contribution < -0.4 is 0 Å². The molecule has 0 bridgehead atoms. The van der Waals surface area contributed by atoms with E-state index in [1.165, 1.54) is 69.8 Å². The number of benzene rings is 1. The lowest BCUT2D eigenvalue weighted by molar-refractivity contribution is 0.00578. The highest BCUT2D eigenvalue weighted by Crippen LogP contribution is 2.42. The van der Waals surface area contributed by atoms with Crippen molar-refractivity contribution in [3.05, 3.63) is 35.9 Å². The topological polar surface area (TPSA) is 18.5 Å². The average Bonchev–Trinajstić information content (AvgIpc) is 2.87. The highest BCUT2D eigenvalue weighted by Gasteiger charge is 2.53. The molecule has 0 amide bonds. The molecule has 1 saturated heterocycles. The Bertz CT molecular complexity index is 525. The molecule has 1 heterocycles. The SMILES string of the molecule is CCCCCCCCCCCC(Cc1ccccc1)B1OC(C)(C)C(C)(C)O1. The monoisotopic (exact) mass is 386 g/mol. The molecular weight excluding hydrogens is 343 g/mol. The zero-order valence-corrected chi connectivity index (χ0v) is 19.1. The van der Waals surface area contributed by atoms with Gasteiger partial charge in [0, 0.05) is 0 Å². The summed E-state index contributed by atoms with van der Waals surface area (Å²) in [4.78, 5) is 0. The van der Waals surface area contributed by atoms with Gasteiger partial charge in [0.15, 0.2) is 0 Å². The third kappa shape index (κ3) is 7.23. The molecule has 1 aliphatic rings. The molecule has 0 saturated carbocycles. The van der Waals surface area contributed by atoms with Gasteiger partial charge in [-0.25, -0.2) is 0 Å². The Balaban J connectivity index is 1.81. The van der Waals surface area contributed by atoms with E-state index in [9.17, 15) is 0 Å². The molecule has 158 valence electrons. The molecule has 1 unspecified atom stereocenters. The number of unbranched alkanes of at least 4 members (excludes halogenated alkanes) is 8. The van der Waals surface area contributed by atoms with Gasteiger partial charge in [-0.3, -0.25) is 0 Å². The third-order valence-electron chi connectivity index (χ3n) is 6.68. The molecule has 1 atom stereocenters. The Morgan fingerprint density at radius 1 is 0.750 bits per heavy atom. The van der Waals surface area contributed by atoms with Gasteiger partial charge < -0.3 is 9.31 Å². The van der Waals surface area contributed by atoms with Crippen LogP contribution >= 0.6 is 0 Å². The lowest BCUT2D eigenvalue weighted by Crippen LogP contribution is -2.41. The fourth-order valence-corrected chi connectivity index (χ4v) is 4.05. The lowest BCUT2D eigenvalue weighted by Gasteiger charge is -2.32. The summed E-state index contributed by atoms with van der Waals surface area (Å²) < 4.78 is 12.8. The van der Waals surface area contributed by atoms with E-state index < -0.39 is 0 Å². The van der Waals surface area contributed by atoms with Gasteiger partial charge in [-0.2, -0.15) is 0 Å². The maximum absolute atomic E-state index is 6.41. The summed E-state index contributed by atoms with van der Waals surface area (Å²) in [7, 11) is -0.0979. The van der Waals surface area contributed by atoms with Gasteiger partial charge in [-0.1, -0.05) is 101 Å². The third-order valence-corrected chi connectivity index (χ3v) is 6.68. The van der Waals surface area contributed by atoms with Crippen LogP contribution in [0.4, 0.5) is 0 Å². The standard InChI is InChI=1S/C25H43BO2/c1-6-7-8-9-10-11-12-13-17-20-23(21-22-18-15-14-16-19-22)26-27-24(2,3)25(4,5)28-26/h14-16,18-19,23H,6-13,17,20-21H2,1-5H3. The molecule has 1 fully saturated rings. The lowest BCUT2D eigenvalue weighted by atomic mass is 9.66. The molecule has 2 rings (SSSR count). The zero-order chi connectivity index (χ0) is 20.5. The zero-order valence-electron chi connectivity index (χ0n) is 19.1. The van der Waals surface area contributed by atoms with Crippen molar-refractivity contribution in [2.75, 3.05) is 0 Å². The van der Waals surface area contributed by atoms with Gasteiger partial charge in [0.05, 0.1) is 11.2 Å². The molecule has 2 nitrogen and oxygen atoms in total. The minimum absolute atomic E-state index is 0.0979. The summed E-state index contributed by atoms with van der Waals surface area (Å²) in [5.41, 5.74) is 0.897. The van der Waals surface area contributed by atoms with Crippen LogP contribution in [0.25, 0.3) is 0 Å². The molecule has 0 radical (unpaired) electrons. The predicted octanol–water partition coefficient (Wildman–Crippen LogP) is 7.61. The van der Waals surface area contributed by atoms with Gasteiger partial charge >= 0.3 is 7.12 Å². The van der Waals surface area contributed by atoms with E-state index in [1.54, 1.807) is 0 Å². The van der Waals surface area contributed by atoms with Crippen molar-refractivity contribution in [1.29, 1.82) is 0 Å². The molecule has 1 aliphatic heterocycles. The van der Waals surface area contributed by atoms with E-state index in [-0.39, 0.29) is 18.3 Å². The summed E-state index contributed by atoms with van der Waals surface area (Å²) in [6.45, 7) is 10.9. The highest BCUT2D eigenvalue weighted by atomic mass is 16.7. The smallest absolute Gasteiger partial charge is 0.403 e. The fourth-order valence-electron chi connectivity index (χ4n) is 4.05. The maximum atomic E-state index is 6.41. The van der Waals surface area contributed by atoms with E-state index in [0.29, 0.717) is 5.82 Å². The van der Waals surface area contributed by atoms with Crippen molar-refractivity contribution in [2.45, 2.75) is 122 Å². The first-order valence-corrected chi connectivity index (χ1v) is 11.8. The quantitative estimate of drug-likeness (QED) is 0.256. The first-order chi connectivity index (χ1) is 13.4. The van der Waals surface area contributed by atoms with E-state index in [0.717, 1.165) is 6.42 Å². The number of hydrogen-bond acceptors (Lipinski definition) is 2. The predicted molar refractivity (Wildman–Crippen MR) is 122 cm³/mol. The second-order valence-electron chi connectivity index (χ2n) is 9.69. The molecule has 1 aromatic rings. The Hall–Kier alpha value is -0.795. The maximum Gasteiger partial charge on any atom is 0.461 e. The molecule has 28 heavy (non-hydrogen) atoms. The Labute approximate surface area is 174 Å². The summed E-state index contributed by atoms with van der Waals surface area (Å²) in [5.74, 6) is 0.424. The van der Waals surface area contributed by atoms with E-state index >= 15 is 0 Å². The van der Waals surface area contributed by atoms with Gasteiger partial charge in [0.1, 0.15) is 0 Å². The Kier molecular flexibility index (Phi) is 9.57. The van der Waals surface area contributed by atoms with Crippen LogP contribution in [0.15, 0.2) is 30.3 Å². The summed E-state index contributed by atoms with van der Waals surface area (Å²) in [5, 5.41) is 0. The average molecular weight is 386 g/mol. The molecule has 3 heteroatoms. The van der Waals surface area contributed by atoms with Gasteiger partial charge in [-0.15, -0.1) is 0 Å². The van der Waals surface area contributed by atoms with Gasteiger partial charge in [-0.05, 0) is 45.5 Å². The second-order valence-corrected chi connectivity index (χ2v) is 9.69. The molecule has 0 aromatic heterocycles. The van der Waals surface area contributed by atoms with Crippen LogP contribution in [0.5, 0.6) is 0 Å². The van der Waals surface area contributed by atoms with Gasteiger partial charge in [0.2, 0.25) is 0 Å². The van der Waals surface area contributed by atoms with Crippen molar-refractivity contribution >= 4 is 7.12 Å². The van der Waals surface area contributed by atoms with E-state index in [2.05, 4.69) is 65.0 Å². The van der Waals surface area contributed by atoms with Crippen molar-refractivity contribution in [3.63, 3.8) is 0 Å². The molecule has 0 spiro atoms. The molecule has 0 aliphatic carbocycles. The largest absolute Gasteiger partial charge is 0.461 e. The van der Waals surface area contributed by atoms with E-state index in [1.807, 2.05) is 0 Å². The minimum atomic E-state index is -0.245. The molecule has 1 aromatic carbocycles. The summed E-state index contributed by atoms with van der Waals surface area (Å²) in [6, 6.07) is 10.8. The summed E-state index contributed by atoms with van der Waals surface area (Å²) >= 11 is 0.